The van der Waals surface area contributed by atoms with Crippen LogP contribution in [0.3, 0.4) is 0 Å². The van der Waals surface area contributed by atoms with Gasteiger partial charge in [-0.2, -0.15) is 0 Å². The van der Waals surface area contributed by atoms with Gasteiger partial charge >= 0.3 is 0 Å². The number of aryl methyl sites for hydroxylation is 1. The number of methoxy groups -OCH3 is 2. The third-order valence-corrected chi connectivity index (χ3v) is 8.58. The van der Waals surface area contributed by atoms with Crippen molar-refractivity contribution >= 4 is 57.3 Å². The van der Waals surface area contributed by atoms with Crippen molar-refractivity contribution in [3.05, 3.63) is 76.4 Å². The van der Waals surface area contributed by atoms with Crippen LogP contribution in [-0.4, -0.2) is 79.7 Å². The van der Waals surface area contributed by atoms with E-state index in [2.05, 4.69) is 45.1 Å². The van der Waals surface area contributed by atoms with Gasteiger partial charge in [0.1, 0.15) is 11.5 Å². The third kappa shape index (κ3) is 6.92. The van der Waals surface area contributed by atoms with E-state index in [0.717, 1.165) is 66.9 Å². The summed E-state index contributed by atoms with van der Waals surface area (Å²) in [4.78, 5) is 26.5. The van der Waals surface area contributed by atoms with Gasteiger partial charge in [0.15, 0.2) is 0 Å². The molecule has 1 saturated heterocycles. The smallest absolute Gasteiger partial charge is 0.247 e. The number of nitrogens with one attached hydrogen (secondary N) is 2. The molecule has 1 aliphatic rings. The molecule has 1 fully saturated rings. The lowest BCUT2D eigenvalue weighted by Gasteiger charge is -2.32. The summed E-state index contributed by atoms with van der Waals surface area (Å²) in [5, 5.41) is 7.84. The largest absolute Gasteiger partial charge is 0.495 e. The maximum absolute atomic E-state index is 12.4. The minimum atomic E-state index is -0.290. The van der Waals surface area contributed by atoms with Gasteiger partial charge in [-0.3, -0.25) is 4.79 Å². The lowest BCUT2D eigenvalue weighted by Crippen LogP contribution is -2.45. The molecule has 230 valence electrons. The van der Waals surface area contributed by atoms with Crippen LogP contribution in [0.15, 0.2) is 55.3 Å². The molecule has 0 spiro atoms. The van der Waals surface area contributed by atoms with E-state index < -0.39 is 0 Å². The summed E-state index contributed by atoms with van der Waals surface area (Å²) < 4.78 is 10.9. The molecule has 0 aliphatic carbocycles. The Morgan fingerprint density at radius 3 is 2.41 bits per heavy atom. The number of halogens is 2. The van der Waals surface area contributed by atoms with E-state index in [0.29, 0.717) is 44.3 Å². The van der Waals surface area contributed by atoms with Gasteiger partial charge in [-0.15, -0.1) is 0 Å². The molecule has 0 saturated carbocycles. The second-order valence-electron chi connectivity index (χ2n) is 10.8. The first-order valence-corrected chi connectivity index (χ1v) is 15.1. The number of piperazine rings is 1. The van der Waals surface area contributed by atoms with Crippen LogP contribution >= 0.6 is 23.2 Å². The lowest BCUT2D eigenvalue weighted by atomic mass is 10.0. The van der Waals surface area contributed by atoms with E-state index >= 15 is 0 Å². The Hall–Kier alpha value is -3.89. The predicted octanol–water partition coefficient (Wildman–Crippen LogP) is 6.59. The molecule has 0 atom stereocenters. The molecule has 0 radical (unpaired) electrons. The molecule has 1 amide bonds. The van der Waals surface area contributed by atoms with Crippen molar-refractivity contribution < 1.29 is 14.3 Å². The number of carbonyl (C=O) groups is 1. The number of amides is 1. The van der Waals surface area contributed by atoms with Gasteiger partial charge < -0.3 is 29.9 Å². The molecule has 1 aromatic heterocycles. The van der Waals surface area contributed by atoms with Crippen LogP contribution in [-0.2, 0) is 11.2 Å². The summed E-state index contributed by atoms with van der Waals surface area (Å²) >= 11 is 13.3. The summed E-state index contributed by atoms with van der Waals surface area (Å²) in [6.07, 6.45) is 3.87. The zero-order chi connectivity index (χ0) is 31.4. The molecule has 3 aromatic carbocycles. The molecule has 9 nitrogen and oxygen atoms in total. The van der Waals surface area contributed by atoms with Gasteiger partial charge in [-0.1, -0.05) is 41.9 Å². The Kier molecular flexibility index (Phi) is 9.90. The van der Waals surface area contributed by atoms with Crippen molar-refractivity contribution in [2.75, 3.05) is 64.6 Å². The van der Waals surface area contributed by atoms with Crippen LogP contribution in [0.1, 0.15) is 11.1 Å². The maximum atomic E-state index is 12.4. The predicted molar refractivity (Wildman–Crippen MR) is 179 cm³/mol. The van der Waals surface area contributed by atoms with E-state index in [1.807, 2.05) is 31.2 Å². The Morgan fingerprint density at radius 1 is 1.05 bits per heavy atom. The Morgan fingerprint density at radius 2 is 1.75 bits per heavy atom. The molecule has 0 unspecified atom stereocenters. The van der Waals surface area contributed by atoms with E-state index in [4.69, 9.17) is 37.7 Å². The molecule has 11 heteroatoms. The van der Waals surface area contributed by atoms with Gasteiger partial charge in [0.2, 0.25) is 11.9 Å². The highest BCUT2D eigenvalue weighted by Gasteiger charge is 2.20. The summed E-state index contributed by atoms with van der Waals surface area (Å²) in [6.45, 7) is 10.9. The van der Waals surface area contributed by atoms with Crippen molar-refractivity contribution in [2.45, 2.75) is 13.3 Å². The molecule has 2 N–H and O–H groups in total. The number of aromatic nitrogens is 2. The summed E-state index contributed by atoms with van der Waals surface area (Å²) in [7, 11) is 5.24. The summed E-state index contributed by atoms with van der Waals surface area (Å²) in [6, 6.07) is 11.5. The van der Waals surface area contributed by atoms with Gasteiger partial charge in [0.25, 0.3) is 0 Å². The number of likely N-dealkylation sites (N-methyl/N-ethyl adjacent to an activating group) is 1. The SMILES string of the molecule is C=CC(=O)Nc1cc(CCN2CCN(C)CC2)cc(C)c1Nc1ncc2cc(-c3c(Cl)c(OC)cc(OC)c3Cl)ccc2n1. The second kappa shape index (κ2) is 13.8. The Labute approximate surface area is 267 Å². The van der Waals surface area contributed by atoms with Crippen molar-refractivity contribution in [1.29, 1.82) is 0 Å². The first-order chi connectivity index (χ1) is 21.2. The van der Waals surface area contributed by atoms with E-state index in [-0.39, 0.29) is 5.91 Å². The third-order valence-electron chi connectivity index (χ3n) is 7.83. The normalized spacial score (nSPS) is 14.0. The number of nitrogens with zero attached hydrogens (tertiary/aromatic N) is 4. The fourth-order valence-electron chi connectivity index (χ4n) is 5.31. The van der Waals surface area contributed by atoms with E-state index in [1.165, 1.54) is 6.08 Å². The number of benzene rings is 3. The maximum Gasteiger partial charge on any atom is 0.247 e. The zero-order valence-electron chi connectivity index (χ0n) is 25.3. The average molecular weight is 636 g/mol. The first-order valence-electron chi connectivity index (χ1n) is 14.3. The molecular formula is C33H36Cl2N6O3. The monoisotopic (exact) mass is 634 g/mol. The number of hydrogen-bond donors (Lipinski definition) is 2. The average Bonchev–Trinajstić information content (AvgIpc) is 3.02. The minimum absolute atomic E-state index is 0.290. The Bertz CT molecular complexity index is 1680. The van der Waals surface area contributed by atoms with Crippen molar-refractivity contribution in [1.82, 2.24) is 19.8 Å². The molecule has 0 bridgehead atoms. The van der Waals surface area contributed by atoms with Crippen LogP contribution < -0.4 is 20.1 Å². The topological polar surface area (TPSA) is 91.9 Å². The molecule has 4 aromatic rings. The lowest BCUT2D eigenvalue weighted by molar-refractivity contribution is -0.111. The number of fused-ring (bicyclic) bond motifs is 1. The highest BCUT2D eigenvalue weighted by Crippen LogP contribution is 2.46. The number of rotatable bonds is 10. The number of anilines is 3. The number of hydrogen-bond acceptors (Lipinski definition) is 8. The standard InChI is InChI=1S/C33H36Cl2N6O3/c1-6-28(42)37-25-16-21(9-10-41-13-11-40(3)12-14-41)15-20(2)32(25)39-33-36-19-23-17-22(7-8-24(23)38-33)29-30(34)26(43-4)18-27(44-5)31(29)35/h6-8,15-19H,1,9-14H2,2-5H3,(H,37,42)(H,36,38,39). The van der Waals surface area contributed by atoms with Crippen molar-refractivity contribution in [3.63, 3.8) is 0 Å². The summed E-state index contributed by atoms with van der Waals surface area (Å²) in [5.74, 6) is 1.02. The van der Waals surface area contributed by atoms with Gasteiger partial charge in [0, 0.05) is 55.9 Å². The molecule has 2 heterocycles. The fraction of sp³-hybridized carbons (Fsp3) is 0.303. The Balaban J connectivity index is 1.42. The highest BCUT2D eigenvalue weighted by molar-refractivity contribution is 6.41. The van der Waals surface area contributed by atoms with Crippen LogP contribution in [0.5, 0.6) is 11.5 Å². The fourth-order valence-corrected chi connectivity index (χ4v) is 6.03. The molecule has 44 heavy (non-hydrogen) atoms. The van der Waals surface area contributed by atoms with Gasteiger partial charge in [0.05, 0.1) is 41.2 Å². The highest BCUT2D eigenvalue weighted by atomic mass is 35.5. The first kappa shape index (κ1) is 31.5. The van der Waals surface area contributed by atoms with Crippen LogP contribution in [0.2, 0.25) is 10.0 Å². The quantitative estimate of drug-likeness (QED) is 0.189. The molecular weight excluding hydrogens is 599 g/mol. The molecule has 1 aliphatic heterocycles. The van der Waals surface area contributed by atoms with Gasteiger partial charge in [-0.25, -0.2) is 9.97 Å². The zero-order valence-corrected chi connectivity index (χ0v) is 26.8. The van der Waals surface area contributed by atoms with Crippen molar-refractivity contribution in [2.24, 2.45) is 0 Å². The van der Waals surface area contributed by atoms with E-state index in [1.54, 1.807) is 26.5 Å². The summed E-state index contributed by atoms with van der Waals surface area (Å²) in [5.41, 5.74) is 5.57. The van der Waals surface area contributed by atoms with E-state index in [9.17, 15) is 4.79 Å². The number of ether oxygens (including phenoxy) is 2. The minimum Gasteiger partial charge on any atom is -0.495 e. The van der Waals surface area contributed by atoms with Crippen molar-refractivity contribution in [3.8, 4) is 22.6 Å². The van der Waals surface area contributed by atoms with Crippen LogP contribution in [0.25, 0.3) is 22.0 Å². The number of carbonyl (C=O) groups excluding carboxylic acids is 1. The van der Waals surface area contributed by atoms with Gasteiger partial charge in [-0.05, 0) is 61.4 Å². The van der Waals surface area contributed by atoms with Crippen LogP contribution in [0.4, 0.5) is 17.3 Å². The molecule has 5 rings (SSSR count). The second-order valence-corrected chi connectivity index (χ2v) is 11.6. The van der Waals surface area contributed by atoms with Crippen LogP contribution in [0, 0.1) is 6.92 Å².